The molecule has 1 aromatic carbocycles. The zero-order valence-corrected chi connectivity index (χ0v) is 8.63. The van der Waals surface area contributed by atoms with Crippen LogP contribution in [0.15, 0.2) is 12.1 Å². The third kappa shape index (κ3) is 2.82. The van der Waals surface area contributed by atoms with Gasteiger partial charge in [0, 0.05) is 0 Å². The van der Waals surface area contributed by atoms with Gasteiger partial charge in [-0.25, -0.2) is 13.6 Å². The summed E-state index contributed by atoms with van der Waals surface area (Å²) >= 11 is 0. The lowest BCUT2D eigenvalue weighted by Gasteiger charge is -2.08. The highest BCUT2D eigenvalue weighted by Crippen LogP contribution is 2.24. The molecule has 0 fully saturated rings. The highest BCUT2D eigenvalue weighted by molar-refractivity contribution is 5.71. The van der Waals surface area contributed by atoms with E-state index in [1.54, 1.807) is 6.92 Å². The second-order valence-corrected chi connectivity index (χ2v) is 2.87. The Hall–Kier alpha value is -1.85. The minimum Gasteiger partial charge on any atom is -0.479 e. The predicted molar refractivity (Wildman–Crippen MR) is 52.9 cm³/mol. The monoisotopic (exact) mass is 231 g/mol. The molecular formula is C10H11F2NO3. The van der Waals surface area contributed by atoms with E-state index in [4.69, 9.17) is 10.5 Å². The van der Waals surface area contributed by atoms with E-state index in [1.807, 2.05) is 0 Å². The molecule has 4 nitrogen and oxygen atoms in total. The van der Waals surface area contributed by atoms with Gasteiger partial charge in [0.15, 0.2) is 18.2 Å². The molecular weight excluding hydrogens is 220 g/mol. The van der Waals surface area contributed by atoms with Crippen LogP contribution in [0.5, 0.6) is 5.75 Å². The van der Waals surface area contributed by atoms with Crippen molar-refractivity contribution in [3.63, 3.8) is 0 Å². The van der Waals surface area contributed by atoms with Crippen LogP contribution in [-0.2, 0) is 9.53 Å². The molecule has 0 atom stereocenters. The summed E-state index contributed by atoms with van der Waals surface area (Å²) in [5.41, 5.74) is 4.46. The van der Waals surface area contributed by atoms with Crippen molar-refractivity contribution in [3.05, 3.63) is 23.8 Å². The van der Waals surface area contributed by atoms with Crippen molar-refractivity contribution in [1.29, 1.82) is 0 Å². The molecule has 1 rings (SSSR count). The van der Waals surface area contributed by atoms with Crippen molar-refractivity contribution in [3.8, 4) is 5.75 Å². The average Bonchev–Trinajstić information content (AvgIpc) is 2.25. The molecule has 0 unspecified atom stereocenters. The first kappa shape index (κ1) is 12.2. The molecule has 88 valence electrons. The number of anilines is 1. The Kier molecular flexibility index (Phi) is 4.04. The summed E-state index contributed by atoms with van der Waals surface area (Å²) in [7, 11) is 0. The van der Waals surface area contributed by atoms with Crippen LogP contribution in [0.2, 0.25) is 0 Å². The molecule has 0 aliphatic heterocycles. The van der Waals surface area contributed by atoms with E-state index in [1.165, 1.54) is 0 Å². The fraction of sp³-hybridized carbons (Fsp3) is 0.300. The van der Waals surface area contributed by atoms with Crippen molar-refractivity contribution < 1.29 is 23.0 Å². The van der Waals surface area contributed by atoms with Gasteiger partial charge in [-0.3, -0.25) is 0 Å². The van der Waals surface area contributed by atoms with Crippen LogP contribution < -0.4 is 10.5 Å². The number of nitrogens with two attached hydrogens (primary N) is 1. The van der Waals surface area contributed by atoms with Crippen LogP contribution in [0.25, 0.3) is 0 Å². The maximum absolute atomic E-state index is 13.3. The fourth-order valence-electron chi connectivity index (χ4n) is 1.00. The van der Waals surface area contributed by atoms with Gasteiger partial charge in [0.1, 0.15) is 11.5 Å². The topological polar surface area (TPSA) is 61.5 Å². The molecule has 0 spiro atoms. The second-order valence-electron chi connectivity index (χ2n) is 2.87. The molecule has 0 heterocycles. The van der Waals surface area contributed by atoms with Gasteiger partial charge < -0.3 is 15.2 Å². The number of carbonyl (C=O) groups is 1. The van der Waals surface area contributed by atoms with Gasteiger partial charge in [-0.15, -0.1) is 0 Å². The molecule has 0 saturated carbocycles. The number of carbonyl (C=O) groups excluding carboxylic acids is 1. The van der Waals surface area contributed by atoms with Gasteiger partial charge in [-0.1, -0.05) is 0 Å². The molecule has 6 heteroatoms. The molecule has 0 aliphatic carbocycles. The summed E-state index contributed by atoms with van der Waals surface area (Å²) in [6, 6.07) is 2.01. The number of hydrogen-bond donors (Lipinski definition) is 1. The zero-order chi connectivity index (χ0) is 12.1. The largest absolute Gasteiger partial charge is 0.479 e. The van der Waals surface area contributed by atoms with E-state index in [0.29, 0.717) is 0 Å². The van der Waals surface area contributed by atoms with Crippen molar-refractivity contribution >= 4 is 11.7 Å². The molecule has 1 aromatic rings. The second kappa shape index (κ2) is 5.29. The molecule has 0 aromatic heterocycles. The highest BCUT2D eigenvalue weighted by Gasteiger charge is 2.13. The summed E-state index contributed by atoms with van der Waals surface area (Å²) in [5.74, 6) is -2.82. The molecule has 0 radical (unpaired) electrons. The maximum Gasteiger partial charge on any atom is 0.344 e. The Bertz CT molecular complexity index is 396. The van der Waals surface area contributed by atoms with E-state index in [0.717, 1.165) is 12.1 Å². The third-order valence-corrected chi connectivity index (χ3v) is 1.74. The Morgan fingerprint density at radius 2 is 2.12 bits per heavy atom. The summed E-state index contributed by atoms with van der Waals surface area (Å²) in [6.07, 6.45) is 0. The van der Waals surface area contributed by atoms with Crippen molar-refractivity contribution in [1.82, 2.24) is 0 Å². The number of esters is 1. The first-order chi connectivity index (χ1) is 7.56. The van der Waals surface area contributed by atoms with Crippen molar-refractivity contribution in [2.75, 3.05) is 18.9 Å². The number of ether oxygens (including phenoxy) is 2. The lowest BCUT2D eigenvalue weighted by atomic mass is 10.3. The summed E-state index contributed by atoms with van der Waals surface area (Å²) in [4.78, 5) is 10.9. The Balaban J connectivity index is 2.68. The van der Waals surface area contributed by atoms with Crippen LogP contribution in [0.3, 0.4) is 0 Å². The van der Waals surface area contributed by atoms with Gasteiger partial charge in [-0.05, 0) is 19.1 Å². The number of benzene rings is 1. The first-order valence-corrected chi connectivity index (χ1v) is 4.58. The van der Waals surface area contributed by atoms with Crippen LogP contribution in [0.1, 0.15) is 6.92 Å². The normalized spacial score (nSPS) is 9.94. The maximum atomic E-state index is 13.3. The number of halogens is 2. The summed E-state index contributed by atoms with van der Waals surface area (Å²) < 4.78 is 35.4. The standard InChI is InChI=1S/C10H11F2NO3/c1-2-15-8(14)5-16-7-4-3-6(11)10(13)9(7)12/h3-4H,2,5,13H2,1H3. The van der Waals surface area contributed by atoms with Gasteiger partial charge in [0.05, 0.1) is 6.61 Å². The van der Waals surface area contributed by atoms with Crippen molar-refractivity contribution in [2.45, 2.75) is 6.92 Å². The number of hydrogen-bond acceptors (Lipinski definition) is 4. The van der Waals surface area contributed by atoms with E-state index in [9.17, 15) is 13.6 Å². The van der Waals surface area contributed by atoms with Gasteiger partial charge in [0.25, 0.3) is 0 Å². The van der Waals surface area contributed by atoms with Gasteiger partial charge in [0.2, 0.25) is 0 Å². The highest BCUT2D eigenvalue weighted by atomic mass is 19.1. The molecule has 0 saturated heterocycles. The van der Waals surface area contributed by atoms with Gasteiger partial charge in [-0.2, -0.15) is 0 Å². The lowest BCUT2D eigenvalue weighted by molar-refractivity contribution is -0.145. The van der Waals surface area contributed by atoms with Crippen LogP contribution in [-0.4, -0.2) is 19.2 Å². The predicted octanol–water partition coefficient (Wildman–Crippen LogP) is 1.49. The summed E-state index contributed by atoms with van der Waals surface area (Å²) in [5, 5.41) is 0. The number of rotatable bonds is 4. The SMILES string of the molecule is CCOC(=O)COc1ccc(F)c(N)c1F. The van der Waals surface area contributed by atoms with Crippen molar-refractivity contribution in [2.24, 2.45) is 0 Å². The van der Waals surface area contributed by atoms with Gasteiger partial charge >= 0.3 is 5.97 Å². The van der Waals surface area contributed by atoms with E-state index >= 15 is 0 Å². The zero-order valence-electron chi connectivity index (χ0n) is 8.63. The molecule has 16 heavy (non-hydrogen) atoms. The summed E-state index contributed by atoms with van der Waals surface area (Å²) in [6.45, 7) is 1.39. The Labute approximate surface area is 91.0 Å². The van der Waals surface area contributed by atoms with E-state index in [-0.39, 0.29) is 12.4 Å². The average molecular weight is 231 g/mol. The van der Waals surface area contributed by atoms with Crippen LogP contribution in [0, 0.1) is 11.6 Å². The van der Waals surface area contributed by atoms with Crippen LogP contribution >= 0.6 is 0 Å². The molecule has 2 N–H and O–H groups in total. The minimum absolute atomic E-state index is 0.205. The smallest absolute Gasteiger partial charge is 0.344 e. The molecule has 0 aliphatic rings. The Morgan fingerprint density at radius 1 is 1.44 bits per heavy atom. The fourth-order valence-corrected chi connectivity index (χ4v) is 1.00. The third-order valence-electron chi connectivity index (χ3n) is 1.74. The van der Waals surface area contributed by atoms with Crippen LogP contribution in [0.4, 0.5) is 14.5 Å². The van der Waals surface area contributed by atoms with E-state index in [2.05, 4.69) is 4.74 Å². The Morgan fingerprint density at radius 3 is 2.75 bits per heavy atom. The lowest BCUT2D eigenvalue weighted by Crippen LogP contribution is -2.15. The molecule has 0 amide bonds. The molecule has 0 bridgehead atoms. The number of nitrogen functional groups attached to an aromatic ring is 1. The quantitative estimate of drug-likeness (QED) is 0.630. The minimum atomic E-state index is -1.02. The van der Waals surface area contributed by atoms with E-state index < -0.39 is 29.9 Å². The first-order valence-electron chi connectivity index (χ1n) is 4.58.